The monoisotopic (exact) mass is 316 g/mol. The molecule has 1 aliphatic heterocycles. The van der Waals surface area contributed by atoms with Gasteiger partial charge in [-0.05, 0) is 32.6 Å². The third-order valence-electron chi connectivity index (χ3n) is 4.33. The van der Waals surface area contributed by atoms with Crippen LogP contribution < -0.4 is 5.32 Å². The second-order valence-corrected chi connectivity index (χ2v) is 6.10. The van der Waals surface area contributed by atoms with E-state index in [-0.39, 0.29) is 6.03 Å². The Balaban J connectivity index is 1.53. The maximum absolute atomic E-state index is 12.5. The van der Waals surface area contributed by atoms with Crippen molar-refractivity contribution in [1.82, 2.24) is 29.7 Å². The van der Waals surface area contributed by atoms with Crippen LogP contribution in [0.1, 0.15) is 37.2 Å². The summed E-state index contributed by atoms with van der Waals surface area (Å²) < 4.78 is 2.07. The van der Waals surface area contributed by atoms with E-state index in [2.05, 4.69) is 24.8 Å². The molecule has 7 heteroatoms. The lowest BCUT2D eigenvalue weighted by Gasteiger charge is -2.35. The van der Waals surface area contributed by atoms with Crippen molar-refractivity contribution in [2.24, 2.45) is 0 Å². The third-order valence-corrected chi connectivity index (χ3v) is 4.33. The minimum absolute atomic E-state index is 0.00869. The van der Waals surface area contributed by atoms with Crippen LogP contribution in [-0.2, 0) is 13.1 Å². The number of likely N-dealkylation sites (tertiary alicyclic amines) is 1. The maximum atomic E-state index is 12.5. The fourth-order valence-electron chi connectivity index (χ4n) is 3.10. The number of piperidine rings is 1. The smallest absolute Gasteiger partial charge is 0.318 e. The van der Waals surface area contributed by atoms with Crippen molar-refractivity contribution in [3.8, 4) is 0 Å². The molecule has 23 heavy (non-hydrogen) atoms. The number of H-pyrrole nitrogens is 1. The zero-order chi connectivity index (χ0) is 16.1. The number of aromatic amines is 1. The number of aromatic nitrogens is 4. The van der Waals surface area contributed by atoms with Gasteiger partial charge in [0.05, 0.1) is 12.9 Å². The van der Waals surface area contributed by atoms with Crippen LogP contribution in [0.3, 0.4) is 0 Å². The van der Waals surface area contributed by atoms with Gasteiger partial charge in [0.2, 0.25) is 0 Å². The number of rotatable bonds is 5. The molecule has 124 valence electrons. The van der Waals surface area contributed by atoms with Crippen LogP contribution in [0.5, 0.6) is 0 Å². The van der Waals surface area contributed by atoms with Gasteiger partial charge in [0, 0.05) is 43.4 Å². The predicted molar refractivity (Wildman–Crippen MR) is 86.7 cm³/mol. The summed E-state index contributed by atoms with van der Waals surface area (Å²) in [7, 11) is 0. The molecule has 2 N–H and O–H groups in total. The summed E-state index contributed by atoms with van der Waals surface area (Å²) in [6.45, 7) is 4.12. The number of nitrogens with one attached hydrogen (secondary N) is 2. The lowest BCUT2D eigenvalue weighted by atomic mass is 10.00. The molecule has 0 aromatic carbocycles. The number of carbonyl (C=O) groups excluding carboxylic acids is 1. The van der Waals surface area contributed by atoms with Gasteiger partial charge < -0.3 is 19.8 Å². The lowest BCUT2D eigenvalue weighted by Crippen LogP contribution is -2.48. The summed E-state index contributed by atoms with van der Waals surface area (Å²) in [4.78, 5) is 25.9. The summed E-state index contributed by atoms with van der Waals surface area (Å²) in [5.74, 6) is 0.794. The molecule has 2 aromatic heterocycles. The van der Waals surface area contributed by atoms with Gasteiger partial charge in [-0.1, -0.05) is 0 Å². The van der Waals surface area contributed by atoms with Crippen LogP contribution in [0.15, 0.2) is 24.9 Å². The van der Waals surface area contributed by atoms with Gasteiger partial charge in [-0.15, -0.1) is 0 Å². The minimum atomic E-state index is 0.00869. The summed E-state index contributed by atoms with van der Waals surface area (Å²) in [6.07, 6.45) is 11.7. The lowest BCUT2D eigenvalue weighted by molar-refractivity contribution is 0.143. The van der Waals surface area contributed by atoms with Crippen LogP contribution in [0.4, 0.5) is 4.79 Å². The first-order valence-electron chi connectivity index (χ1n) is 8.23. The molecule has 0 aliphatic carbocycles. The highest BCUT2D eigenvalue weighted by molar-refractivity contribution is 5.74. The van der Waals surface area contributed by atoms with Crippen LogP contribution >= 0.6 is 0 Å². The SMILES string of the molecule is Cc1cnc(CNC(=O)N2CCCC[C@H]2CCn2ccnc2)[nH]1. The molecule has 7 nitrogen and oxygen atoms in total. The topological polar surface area (TPSA) is 78.8 Å². The number of carbonyl (C=O) groups is 1. The first-order chi connectivity index (χ1) is 11.2. The number of nitrogens with zero attached hydrogens (tertiary/aromatic N) is 4. The van der Waals surface area contributed by atoms with Crippen molar-refractivity contribution in [3.05, 3.63) is 36.4 Å². The minimum Gasteiger partial charge on any atom is -0.345 e. The summed E-state index contributed by atoms with van der Waals surface area (Å²) in [5, 5.41) is 2.98. The molecular weight excluding hydrogens is 292 g/mol. The molecule has 0 unspecified atom stereocenters. The summed E-state index contributed by atoms with van der Waals surface area (Å²) >= 11 is 0. The molecule has 3 rings (SSSR count). The van der Waals surface area contributed by atoms with E-state index in [1.54, 1.807) is 12.4 Å². The average Bonchev–Trinajstić information content (AvgIpc) is 3.22. The van der Waals surface area contributed by atoms with E-state index in [0.717, 1.165) is 43.9 Å². The van der Waals surface area contributed by atoms with Crippen molar-refractivity contribution < 1.29 is 4.79 Å². The van der Waals surface area contributed by atoms with E-state index >= 15 is 0 Å². The number of urea groups is 1. The Kier molecular flexibility index (Phi) is 4.95. The molecule has 1 saturated heterocycles. The Morgan fingerprint density at radius 3 is 3.13 bits per heavy atom. The predicted octanol–water partition coefficient (Wildman–Crippen LogP) is 2.07. The van der Waals surface area contributed by atoms with Crippen molar-refractivity contribution in [2.75, 3.05) is 6.54 Å². The van der Waals surface area contributed by atoms with E-state index < -0.39 is 0 Å². The van der Waals surface area contributed by atoms with Crippen molar-refractivity contribution in [1.29, 1.82) is 0 Å². The molecular formula is C16H24N6O. The fraction of sp³-hybridized carbons (Fsp3) is 0.562. The van der Waals surface area contributed by atoms with E-state index in [1.165, 1.54) is 6.42 Å². The van der Waals surface area contributed by atoms with Gasteiger partial charge in [-0.25, -0.2) is 14.8 Å². The molecule has 1 aliphatic rings. The molecule has 0 bridgehead atoms. The van der Waals surface area contributed by atoms with Gasteiger partial charge >= 0.3 is 6.03 Å². The van der Waals surface area contributed by atoms with Crippen LogP contribution in [0.2, 0.25) is 0 Å². The Labute approximate surface area is 136 Å². The van der Waals surface area contributed by atoms with Crippen molar-refractivity contribution in [2.45, 2.75) is 51.7 Å². The molecule has 3 heterocycles. The first-order valence-corrected chi connectivity index (χ1v) is 8.23. The Hall–Kier alpha value is -2.31. The first kappa shape index (κ1) is 15.6. The number of imidazole rings is 2. The van der Waals surface area contributed by atoms with Gasteiger partial charge in [0.25, 0.3) is 0 Å². The van der Waals surface area contributed by atoms with Crippen LogP contribution in [0, 0.1) is 6.92 Å². The number of hydrogen-bond donors (Lipinski definition) is 2. The van der Waals surface area contributed by atoms with E-state index in [1.807, 2.05) is 24.3 Å². The standard InChI is InChI=1S/C16H24N6O/c1-13-10-18-15(20-13)11-19-16(23)22-7-3-2-4-14(22)5-8-21-9-6-17-12-21/h6,9-10,12,14H,2-5,7-8,11H2,1H3,(H,18,20)(H,19,23)/t14-/m0/s1. The number of hydrogen-bond acceptors (Lipinski definition) is 3. The van der Waals surface area contributed by atoms with Crippen LogP contribution in [0.25, 0.3) is 0 Å². The normalized spacial score (nSPS) is 18.1. The molecule has 0 radical (unpaired) electrons. The van der Waals surface area contributed by atoms with E-state index in [4.69, 9.17) is 0 Å². The van der Waals surface area contributed by atoms with Crippen LogP contribution in [-0.4, -0.2) is 43.0 Å². The summed E-state index contributed by atoms with van der Waals surface area (Å²) in [5.41, 5.74) is 1.01. The third kappa shape index (κ3) is 4.12. The highest BCUT2D eigenvalue weighted by Crippen LogP contribution is 2.20. The fourth-order valence-corrected chi connectivity index (χ4v) is 3.10. The largest absolute Gasteiger partial charge is 0.345 e. The van der Waals surface area contributed by atoms with E-state index in [9.17, 15) is 4.79 Å². The molecule has 2 amide bonds. The highest BCUT2D eigenvalue weighted by Gasteiger charge is 2.26. The molecule has 1 fully saturated rings. The quantitative estimate of drug-likeness (QED) is 0.886. The Morgan fingerprint density at radius 1 is 1.48 bits per heavy atom. The number of aryl methyl sites for hydroxylation is 2. The van der Waals surface area contributed by atoms with Gasteiger partial charge in [0.1, 0.15) is 5.82 Å². The maximum Gasteiger partial charge on any atom is 0.318 e. The molecule has 1 atom stereocenters. The highest BCUT2D eigenvalue weighted by atomic mass is 16.2. The van der Waals surface area contributed by atoms with Gasteiger partial charge in [-0.3, -0.25) is 0 Å². The Bertz CT molecular complexity index is 620. The molecule has 0 saturated carbocycles. The van der Waals surface area contributed by atoms with Crippen molar-refractivity contribution in [3.63, 3.8) is 0 Å². The Morgan fingerprint density at radius 2 is 2.39 bits per heavy atom. The number of amides is 2. The van der Waals surface area contributed by atoms with Gasteiger partial charge in [-0.2, -0.15) is 0 Å². The van der Waals surface area contributed by atoms with Gasteiger partial charge in [0.15, 0.2) is 0 Å². The van der Waals surface area contributed by atoms with Crippen molar-refractivity contribution >= 4 is 6.03 Å². The summed E-state index contributed by atoms with van der Waals surface area (Å²) in [6, 6.07) is 0.305. The zero-order valence-corrected chi connectivity index (χ0v) is 13.5. The second kappa shape index (κ2) is 7.30. The molecule has 0 spiro atoms. The zero-order valence-electron chi connectivity index (χ0n) is 13.5. The second-order valence-electron chi connectivity index (χ2n) is 6.10. The molecule has 2 aromatic rings. The van der Waals surface area contributed by atoms with E-state index in [0.29, 0.717) is 12.6 Å². The average molecular weight is 316 g/mol.